The van der Waals surface area contributed by atoms with Gasteiger partial charge in [0.25, 0.3) is 6.10 Å². The number of alkyl halides is 6. The molecule has 2 heterocycles. The van der Waals surface area contributed by atoms with E-state index in [4.69, 9.17) is 11.6 Å². The number of carbonyl (C=O) groups excluding carboxylic acids is 1. The fourth-order valence-corrected chi connectivity index (χ4v) is 3.82. The lowest BCUT2D eigenvalue weighted by atomic mass is 10.1. The topological polar surface area (TPSA) is 59.4 Å². The second-order valence-electron chi connectivity index (χ2n) is 8.15. The van der Waals surface area contributed by atoms with Crippen LogP contribution in [0.1, 0.15) is 25.5 Å². The summed E-state index contributed by atoms with van der Waals surface area (Å²) >= 11 is 6.32. The van der Waals surface area contributed by atoms with Crippen LogP contribution >= 0.6 is 11.6 Å². The molecule has 188 valence electrons. The molecule has 0 aliphatic carbocycles. The number of nitrogens with zero attached hydrogens (tertiary/aromatic N) is 3. The number of nitrogens with one attached hydrogen (secondary N) is 1. The van der Waals surface area contributed by atoms with E-state index in [0.717, 1.165) is 0 Å². The molecule has 0 saturated carbocycles. The van der Waals surface area contributed by atoms with Gasteiger partial charge in [-0.05, 0) is 19.9 Å². The van der Waals surface area contributed by atoms with Gasteiger partial charge < -0.3 is 10.1 Å². The smallest absolute Gasteiger partial charge is 0.434 e. The first-order valence-electron chi connectivity index (χ1n) is 10.4. The molecule has 1 aromatic carbocycles. The lowest BCUT2D eigenvalue weighted by molar-refractivity contribution is -0.314. The standard InChI is InChI=1S/C21H23ClF6N4O2/c1-12(2)32-11-13(17(30-32)14-5-3-4-6-15(14)22)10-31-8-7-29-9-16(31)18(33)34-19(20(23,24)25)21(26,27)28/h3-6,11-12,16,19,29H,7-10H2,1-2H3. The third-order valence-corrected chi connectivity index (χ3v) is 5.62. The Morgan fingerprint density at radius 3 is 2.44 bits per heavy atom. The number of hydrogen-bond donors (Lipinski definition) is 1. The summed E-state index contributed by atoms with van der Waals surface area (Å²) in [6.45, 7) is 4.24. The Labute approximate surface area is 196 Å². The van der Waals surface area contributed by atoms with Crippen LogP contribution in [0.5, 0.6) is 0 Å². The van der Waals surface area contributed by atoms with Crippen LogP contribution in [-0.4, -0.2) is 64.8 Å². The molecule has 1 saturated heterocycles. The van der Waals surface area contributed by atoms with E-state index in [1.165, 1.54) is 4.90 Å². The maximum Gasteiger partial charge on any atom is 0.434 e. The fourth-order valence-electron chi connectivity index (χ4n) is 3.59. The zero-order valence-corrected chi connectivity index (χ0v) is 19.0. The van der Waals surface area contributed by atoms with E-state index < -0.39 is 30.5 Å². The highest BCUT2D eigenvalue weighted by Crippen LogP contribution is 2.36. The van der Waals surface area contributed by atoms with Gasteiger partial charge in [0.15, 0.2) is 0 Å². The summed E-state index contributed by atoms with van der Waals surface area (Å²) in [4.78, 5) is 14.0. The molecule has 2 aromatic rings. The Kier molecular flexibility index (Phi) is 7.83. The molecule has 0 amide bonds. The Balaban J connectivity index is 1.89. The molecule has 1 aliphatic heterocycles. The highest BCUT2D eigenvalue weighted by molar-refractivity contribution is 6.33. The minimum Gasteiger partial charge on any atom is -0.442 e. The number of aromatic nitrogens is 2. The number of ether oxygens (including phenoxy) is 1. The van der Waals surface area contributed by atoms with Crippen LogP contribution in [0.3, 0.4) is 0 Å². The molecule has 1 fully saturated rings. The molecule has 0 spiro atoms. The first-order chi connectivity index (χ1) is 15.8. The van der Waals surface area contributed by atoms with E-state index in [1.807, 2.05) is 13.8 Å². The molecule has 13 heteroatoms. The van der Waals surface area contributed by atoms with Gasteiger partial charge in [0, 0.05) is 49.5 Å². The second-order valence-corrected chi connectivity index (χ2v) is 8.55. The molecular weight excluding hydrogens is 490 g/mol. The van der Waals surface area contributed by atoms with E-state index in [-0.39, 0.29) is 25.7 Å². The predicted octanol–water partition coefficient (Wildman–Crippen LogP) is 4.59. The van der Waals surface area contributed by atoms with E-state index in [9.17, 15) is 31.1 Å². The Morgan fingerprint density at radius 1 is 1.21 bits per heavy atom. The van der Waals surface area contributed by atoms with E-state index >= 15 is 0 Å². The summed E-state index contributed by atoms with van der Waals surface area (Å²) in [5.74, 6) is -1.61. The average molecular weight is 513 g/mol. The van der Waals surface area contributed by atoms with Gasteiger partial charge in [-0.25, -0.2) is 0 Å². The normalized spacial score (nSPS) is 18.0. The number of hydrogen-bond acceptors (Lipinski definition) is 5. The highest BCUT2D eigenvalue weighted by Gasteiger charge is 2.60. The third-order valence-electron chi connectivity index (χ3n) is 5.29. The molecule has 1 aromatic heterocycles. The lowest BCUT2D eigenvalue weighted by Gasteiger charge is -2.35. The molecule has 3 rings (SSSR count). The number of rotatable bonds is 6. The van der Waals surface area contributed by atoms with Gasteiger partial charge in [-0.2, -0.15) is 31.4 Å². The fraction of sp³-hybridized carbons (Fsp3) is 0.524. The number of piperazine rings is 1. The molecule has 1 N–H and O–H groups in total. The van der Waals surface area contributed by atoms with Crippen molar-refractivity contribution in [3.8, 4) is 11.3 Å². The van der Waals surface area contributed by atoms with Crippen molar-refractivity contribution in [1.82, 2.24) is 20.0 Å². The van der Waals surface area contributed by atoms with Gasteiger partial charge in [0.1, 0.15) is 6.04 Å². The van der Waals surface area contributed by atoms with Gasteiger partial charge in [0.05, 0.1) is 10.7 Å². The summed E-state index contributed by atoms with van der Waals surface area (Å²) in [5, 5.41) is 7.80. The van der Waals surface area contributed by atoms with Crippen molar-refractivity contribution in [1.29, 1.82) is 0 Å². The SMILES string of the molecule is CC(C)n1cc(CN2CCNCC2C(=O)OC(C(F)(F)F)C(F)(F)F)c(-c2ccccc2Cl)n1. The van der Waals surface area contributed by atoms with Crippen LogP contribution < -0.4 is 5.32 Å². The molecule has 0 radical (unpaired) electrons. The summed E-state index contributed by atoms with van der Waals surface area (Å²) in [6.07, 6.45) is -14.0. The summed E-state index contributed by atoms with van der Waals surface area (Å²) in [5.41, 5.74) is 1.74. The zero-order valence-electron chi connectivity index (χ0n) is 18.3. The van der Waals surface area contributed by atoms with Gasteiger partial charge in [-0.1, -0.05) is 29.8 Å². The maximum atomic E-state index is 12.9. The third kappa shape index (κ3) is 6.02. The molecule has 34 heavy (non-hydrogen) atoms. The van der Waals surface area contributed by atoms with E-state index in [2.05, 4.69) is 15.2 Å². The van der Waals surface area contributed by atoms with Gasteiger partial charge in [0.2, 0.25) is 0 Å². The van der Waals surface area contributed by atoms with Gasteiger partial charge in [-0.15, -0.1) is 0 Å². The minimum absolute atomic E-state index is 0.0295. The van der Waals surface area contributed by atoms with E-state index in [1.54, 1.807) is 35.1 Å². The number of esters is 1. The summed E-state index contributed by atoms with van der Waals surface area (Å²) in [7, 11) is 0. The minimum atomic E-state index is -5.78. The van der Waals surface area contributed by atoms with Crippen molar-refractivity contribution in [2.75, 3.05) is 19.6 Å². The van der Waals surface area contributed by atoms with Crippen molar-refractivity contribution in [3.63, 3.8) is 0 Å². The first-order valence-corrected chi connectivity index (χ1v) is 10.8. The van der Waals surface area contributed by atoms with Crippen LogP contribution in [0.4, 0.5) is 26.3 Å². The molecule has 1 unspecified atom stereocenters. The second kappa shape index (κ2) is 10.1. The molecule has 6 nitrogen and oxygen atoms in total. The van der Waals surface area contributed by atoms with Crippen LogP contribution in [0, 0.1) is 0 Å². The monoisotopic (exact) mass is 512 g/mol. The molecular formula is C21H23ClF6N4O2. The highest BCUT2D eigenvalue weighted by atomic mass is 35.5. The summed E-state index contributed by atoms with van der Waals surface area (Å²) in [6, 6.07) is 5.54. The van der Waals surface area contributed by atoms with Crippen molar-refractivity contribution in [2.24, 2.45) is 0 Å². The largest absolute Gasteiger partial charge is 0.442 e. The zero-order chi connectivity index (χ0) is 25.3. The summed E-state index contributed by atoms with van der Waals surface area (Å²) < 4.78 is 83.0. The lowest BCUT2D eigenvalue weighted by Crippen LogP contribution is -2.57. The molecule has 1 atom stereocenters. The van der Waals surface area contributed by atoms with Crippen LogP contribution in [0.2, 0.25) is 5.02 Å². The van der Waals surface area contributed by atoms with Gasteiger partial charge >= 0.3 is 18.3 Å². The first kappa shape index (κ1) is 26.3. The molecule has 1 aliphatic rings. The quantitative estimate of drug-likeness (QED) is 0.453. The predicted molar refractivity (Wildman–Crippen MR) is 112 cm³/mol. The molecule has 0 bridgehead atoms. The maximum absolute atomic E-state index is 12.9. The van der Waals surface area contributed by atoms with Crippen molar-refractivity contribution < 1.29 is 35.9 Å². The van der Waals surface area contributed by atoms with Crippen molar-refractivity contribution >= 4 is 17.6 Å². The van der Waals surface area contributed by atoms with Gasteiger partial charge in [-0.3, -0.25) is 14.4 Å². The number of carbonyl (C=O) groups is 1. The van der Waals surface area contributed by atoms with Crippen molar-refractivity contribution in [2.45, 2.75) is 50.9 Å². The van der Waals surface area contributed by atoms with Crippen molar-refractivity contribution in [3.05, 3.63) is 41.0 Å². The van der Waals surface area contributed by atoms with Crippen LogP contribution in [0.25, 0.3) is 11.3 Å². The van der Waals surface area contributed by atoms with Crippen LogP contribution in [0.15, 0.2) is 30.5 Å². The Hall–Kier alpha value is -2.31. The number of benzene rings is 1. The van der Waals surface area contributed by atoms with Crippen LogP contribution in [-0.2, 0) is 16.1 Å². The average Bonchev–Trinajstić information content (AvgIpc) is 3.15. The van der Waals surface area contributed by atoms with E-state index in [0.29, 0.717) is 28.4 Å². The Morgan fingerprint density at radius 2 is 1.85 bits per heavy atom. The number of halogens is 7. The Bertz CT molecular complexity index is 994.